The molecule has 0 fully saturated rings. The minimum Gasteiger partial charge on any atom is -0.497 e. The first-order valence-corrected chi connectivity index (χ1v) is 6.65. The summed E-state index contributed by atoms with van der Waals surface area (Å²) in [6.07, 6.45) is 0.484. The Morgan fingerprint density at radius 2 is 2.00 bits per heavy atom. The van der Waals surface area contributed by atoms with E-state index >= 15 is 0 Å². The van der Waals surface area contributed by atoms with E-state index in [1.54, 1.807) is 25.3 Å². The van der Waals surface area contributed by atoms with Crippen LogP contribution in [0.5, 0.6) is 11.5 Å². The van der Waals surface area contributed by atoms with E-state index in [-0.39, 0.29) is 18.3 Å². The Hall–Kier alpha value is -2.54. The summed E-state index contributed by atoms with van der Waals surface area (Å²) in [6.45, 7) is 0.274. The van der Waals surface area contributed by atoms with Crippen LogP contribution in [0.2, 0.25) is 0 Å². The Balaban J connectivity index is 1.97. The van der Waals surface area contributed by atoms with E-state index in [2.05, 4.69) is 6.07 Å². The SMILES string of the molecule is COc1cccc(C(C#N)CCOc2ccccc2F)c1. The number of methoxy groups -OCH3 is 1. The van der Waals surface area contributed by atoms with E-state index in [4.69, 9.17) is 9.47 Å². The number of para-hydroxylation sites is 1. The first-order valence-electron chi connectivity index (χ1n) is 6.65. The molecule has 0 radical (unpaired) electrons. The molecule has 0 aliphatic rings. The fourth-order valence-electron chi connectivity index (χ4n) is 2.01. The van der Waals surface area contributed by atoms with E-state index in [0.29, 0.717) is 12.2 Å². The number of benzene rings is 2. The van der Waals surface area contributed by atoms with E-state index in [9.17, 15) is 9.65 Å². The third-order valence-corrected chi connectivity index (χ3v) is 3.15. The van der Waals surface area contributed by atoms with E-state index in [1.807, 2.05) is 24.3 Å². The minimum atomic E-state index is -0.396. The van der Waals surface area contributed by atoms with Crippen molar-refractivity contribution < 1.29 is 13.9 Å². The van der Waals surface area contributed by atoms with Crippen molar-refractivity contribution in [3.63, 3.8) is 0 Å². The van der Waals surface area contributed by atoms with Crippen molar-refractivity contribution >= 4 is 0 Å². The van der Waals surface area contributed by atoms with Gasteiger partial charge in [0, 0.05) is 6.42 Å². The van der Waals surface area contributed by atoms with Crippen molar-refractivity contribution in [1.82, 2.24) is 0 Å². The fraction of sp³-hybridized carbons (Fsp3) is 0.235. The van der Waals surface area contributed by atoms with E-state index < -0.39 is 5.82 Å². The van der Waals surface area contributed by atoms with Crippen molar-refractivity contribution in [2.75, 3.05) is 13.7 Å². The Labute approximate surface area is 123 Å². The molecule has 0 saturated carbocycles. The molecular formula is C17H16FNO2. The van der Waals surface area contributed by atoms with E-state index in [1.165, 1.54) is 6.07 Å². The highest BCUT2D eigenvalue weighted by molar-refractivity contribution is 5.33. The number of nitrogens with zero attached hydrogens (tertiary/aromatic N) is 1. The summed E-state index contributed by atoms with van der Waals surface area (Å²) in [5.41, 5.74) is 0.869. The zero-order chi connectivity index (χ0) is 15.1. The quantitative estimate of drug-likeness (QED) is 0.808. The highest BCUT2D eigenvalue weighted by Crippen LogP contribution is 2.24. The van der Waals surface area contributed by atoms with Crippen LogP contribution < -0.4 is 9.47 Å². The Morgan fingerprint density at radius 3 is 2.71 bits per heavy atom. The minimum absolute atomic E-state index is 0.208. The fourth-order valence-corrected chi connectivity index (χ4v) is 2.01. The molecule has 108 valence electrons. The predicted molar refractivity (Wildman–Crippen MR) is 77.9 cm³/mol. The van der Waals surface area contributed by atoms with Crippen LogP contribution in [0.4, 0.5) is 4.39 Å². The molecule has 0 amide bonds. The lowest BCUT2D eigenvalue weighted by molar-refractivity contribution is 0.291. The van der Waals surface area contributed by atoms with Gasteiger partial charge in [-0.2, -0.15) is 5.26 Å². The number of hydrogen-bond acceptors (Lipinski definition) is 3. The first-order chi connectivity index (χ1) is 10.2. The van der Waals surface area contributed by atoms with Gasteiger partial charge in [-0.05, 0) is 29.8 Å². The second kappa shape index (κ2) is 7.30. The van der Waals surface area contributed by atoms with Crippen LogP contribution in [-0.2, 0) is 0 Å². The third kappa shape index (κ3) is 3.96. The number of halogens is 1. The highest BCUT2D eigenvalue weighted by Gasteiger charge is 2.12. The topological polar surface area (TPSA) is 42.2 Å². The van der Waals surface area contributed by atoms with Crippen LogP contribution in [0.15, 0.2) is 48.5 Å². The van der Waals surface area contributed by atoms with Gasteiger partial charge in [-0.25, -0.2) is 4.39 Å². The maximum atomic E-state index is 13.4. The number of hydrogen-bond donors (Lipinski definition) is 0. The lowest BCUT2D eigenvalue weighted by Gasteiger charge is -2.12. The van der Waals surface area contributed by atoms with Crippen LogP contribution in [0.3, 0.4) is 0 Å². The lowest BCUT2D eigenvalue weighted by atomic mass is 9.97. The molecule has 0 aromatic heterocycles. The van der Waals surface area contributed by atoms with Gasteiger partial charge < -0.3 is 9.47 Å². The average molecular weight is 285 g/mol. The second-order valence-corrected chi connectivity index (χ2v) is 4.53. The molecular weight excluding hydrogens is 269 g/mol. The molecule has 4 heteroatoms. The number of ether oxygens (including phenoxy) is 2. The van der Waals surface area contributed by atoms with Crippen LogP contribution >= 0.6 is 0 Å². The van der Waals surface area contributed by atoms with Gasteiger partial charge in [-0.15, -0.1) is 0 Å². The molecule has 21 heavy (non-hydrogen) atoms. The Morgan fingerprint density at radius 1 is 1.19 bits per heavy atom. The average Bonchev–Trinajstić information content (AvgIpc) is 2.53. The lowest BCUT2D eigenvalue weighted by Crippen LogP contribution is -2.05. The van der Waals surface area contributed by atoms with Crippen molar-refractivity contribution in [2.45, 2.75) is 12.3 Å². The normalized spacial score (nSPS) is 11.5. The molecule has 0 saturated heterocycles. The molecule has 0 heterocycles. The van der Waals surface area contributed by atoms with Gasteiger partial charge in [0.1, 0.15) is 5.75 Å². The second-order valence-electron chi connectivity index (χ2n) is 4.53. The Bertz CT molecular complexity index is 637. The number of nitriles is 1. The van der Waals surface area contributed by atoms with Gasteiger partial charge in [0.15, 0.2) is 11.6 Å². The van der Waals surface area contributed by atoms with Crippen LogP contribution in [0.1, 0.15) is 17.9 Å². The summed E-state index contributed by atoms with van der Waals surface area (Å²) in [5.74, 6) is 0.210. The monoisotopic (exact) mass is 285 g/mol. The largest absolute Gasteiger partial charge is 0.497 e. The molecule has 3 nitrogen and oxygen atoms in total. The highest BCUT2D eigenvalue weighted by atomic mass is 19.1. The van der Waals surface area contributed by atoms with Crippen LogP contribution in [-0.4, -0.2) is 13.7 Å². The maximum absolute atomic E-state index is 13.4. The van der Waals surface area contributed by atoms with Crippen molar-refractivity contribution in [1.29, 1.82) is 5.26 Å². The molecule has 0 aliphatic carbocycles. The summed E-state index contributed by atoms with van der Waals surface area (Å²) in [7, 11) is 1.59. The van der Waals surface area contributed by atoms with Gasteiger partial charge in [0.25, 0.3) is 0 Å². The first kappa shape index (κ1) is 14.9. The standard InChI is InChI=1S/C17H16FNO2/c1-20-15-6-4-5-13(11-15)14(12-19)9-10-21-17-8-3-2-7-16(17)18/h2-8,11,14H,9-10H2,1H3. The number of rotatable bonds is 6. The molecule has 0 aliphatic heterocycles. The van der Waals surface area contributed by atoms with Gasteiger partial charge in [0.05, 0.1) is 25.7 Å². The zero-order valence-electron chi connectivity index (χ0n) is 11.8. The molecule has 1 atom stereocenters. The smallest absolute Gasteiger partial charge is 0.165 e. The molecule has 2 rings (SSSR count). The van der Waals surface area contributed by atoms with Crippen molar-refractivity contribution in [3.05, 3.63) is 59.9 Å². The summed E-state index contributed by atoms with van der Waals surface area (Å²) in [5, 5.41) is 9.27. The summed E-state index contributed by atoms with van der Waals surface area (Å²) in [6, 6.07) is 15.9. The van der Waals surface area contributed by atoms with Gasteiger partial charge in [-0.3, -0.25) is 0 Å². The third-order valence-electron chi connectivity index (χ3n) is 3.15. The van der Waals surface area contributed by atoms with Gasteiger partial charge >= 0.3 is 0 Å². The maximum Gasteiger partial charge on any atom is 0.165 e. The van der Waals surface area contributed by atoms with Crippen LogP contribution in [0.25, 0.3) is 0 Å². The van der Waals surface area contributed by atoms with Gasteiger partial charge in [-0.1, -0.05) is 24.3 Å². The summed E-state index contributed by atoms with van der Waals surface area (Å²) in [4.78, 5) is 0. The van der Waals surface area contributed by atoms with Crippen molar-refractivity contribution in [3.8, 4) is 17.6 Å². The molecule has 2 aromatic carbocycles. The van der Waals surface area contributed by atoms with Gasteiger partial charge in [0.2, 0.25) is 0 Å². The molecule has 0 N–H and O–H groups in total. The zero-order valence-corrected chi connectivity index (χ0v) is 11.8. The molecule has 0 spiro atoms. The molecule has 1 unspecified atom stereocenters. The summed E-state index contributed by atoms with van der Waals surface area (Å²) >= 11 is 0. The van der Waals surface area contributed by atoms with Crippen LogP contribution in [0, 0.1) is 17.1 Å². The van der Waals surface area contributed by atoms with Crippen molar-refractivity contribution in [2.24, 2.45) is 0 Å². The Kier molecular flexibility index (Phi) is 5.16. The summed E-state index contributed by atoms with van der Waals surface area (Å²) < 4.78 is 23.9. The predicted octanol–water partition coefficient (Wildman–Crippen LogP) is 3.91. The van der Waals surface area contributed by atoms with E-state index in [0.717, 1.165) is 5.56 Å². The molecule has 2 aromatic rings. The molecule has 0 bridgehead atoms.